The maximum atomic E-state index is 12.0. The normalized spacial score (nSPS) is 11.1. The Labute approximate surface area is 143 Å². The van der Waals surface area contributed by atoms with Crippen LogP contribution in [0.4, 0.5) is 4.79 Å². The van der Waals surface area contributed by atoms with E-state index in [4.69, 9.17) is 5.26 Å². The summed E-state index contributed by atoms with van der Waals surface area (Å²) in [6.45, 7) is 2.81. The second-order valence-electron chi connectivity index (χ2n) is 5.47. The van der Waals surface area contributed by atoms with Crippen LogP contribution in [0.1, 0.15) is 24.5 Å². The number of rotatable bonds is 8. The Hall–Kier alpha value is -2.11. The second kappa shape index (κ2) is 9.25. The molecule has 0 aliphatic rings. The summed E-state index contributed by atoms with van der Waals surface area (Å²) in [6, 6.07) is 8.88. The number of nitrogens with zero attached hydrogens (tertiary/aromatic N) is 3. The van der Waals surface area contributed by atoms with E-state index < -0.39 is 10.0 Å². The number of carbonyl (C=O) groups is 1. The van der Waals surface area contributed by atoms with E-state index in [2.05, 4.69) is 5.32 Å². The number of hydrogen-bond acceptors (Lipinski definition) is 4. The fourth-order valence-electron chi connectivity index (χ4n) is 2.02. The van der Waals surface area contributed by atoms with Gasteiger partial charge in [0.1, 0.15) is 0 Å². The molecule has 1 aromatic carbocycles. The number of urea groups is 1. The van der Waals surface area contributed by atoms with Crippen molar-refractivity contribution in [1.82, 2.24) is 14.5 Å². The van der Waals surface area contributed by atoms with Crippen molar-refractivity contribution < 1.29 is 13.2 Å². The predicted octanol–water partition coefficient (Wildman–Crippen LogP) is 1.37. The lowest BCUT2D eigenvalue weighted by Gasteiger charge is -2.19. The molecule has 1 rings (SSSR count). The molecule has 8 heteroatoms. The molecule has 0 spiro atoms. The number of nitriles is 1. The highest BCUT2D eigenvalue weighted by Gasteiger charge is 2.14. The van der Waals surface area contributed by atoms with Crippen LogP contribution in [0.5, 0.6) is 0 Å². The van der Waals surface area contributed by atoms with E-state index in [-0.39, 0.29) is 11.8 Å². The zero-order valence-electron chi connectivity index (χ0n) is 14.3. The van der Waals surface area contributed by atoms with Crippen molar-refractivity contribution in [2.45, 2.75) is 19.9 Å². The summed E-state index contributed by atoms with van der Waals surface area (Å²) in [4.78, 5) is 13.5. The predicted molar refractivity (Wildman–Crippen MR) is 92.7 cm³/mol. The first-order valence-electron chi connectivity index (χ1n) is 7.72. The molecule has 0 atom stereocenters. The van der Waals surface area contributed by atoms with Crippen molar-refractivity contribution in [2.75, 3.05) is 32.9 Å². The van der Waals surface area contributed by atoms with Gasteiger partial charge in [0.15, 0.2) is 0 Å². The van der Waals surface area contributed by atoms with E-state index in [0.717, 1.165) is 5.56 Å². The molecule has 7 nitrogen and oxygen atoms in total. The highest BCUT2D eigenvalue weighted by Crippen LogP contribution is 2.06. The lowest BCUT2D eigenvalue weighted by molar-refractivity contribution is 0.206. The van der Waals surface area contributed by atoms with Crippen LogP contribution in [0, 0.1) is 11.3 Å². The van der Waals surface area contributed by atoms with Gasteiger partial charge in [0, 0.05) is 33.7 Å². The molecule has 0 unspecified atom stereocenters. The average molecular weight is 352 g/mol. The summed E-state index contributed by atoms with van der Waals surface area (Å²) in [7, 11) is 0.0467. The topological polar surface area (TPSA) is 93.5 Å². The number of nitrogens with one attached hydrogen (secondary N) is 1. The van der Waals surface area contributed by atoms with Crippen LogP contribution >= 0.6 is 0 Å². The molecule has 2 amide bonds. The second-order valence-corrected chi connectivity index (χ2v) is 7.84. The third-order valence-electron chi connectivity index (χ3n) is 3.62. The molecule has 0 radical (unpaired) electrons. The van der Waals surface area contributed by atoms with Crippen LogP contribution in [0.25, 0.3) is 0 Å². The molecule has 0 fully saturated rings. The van der Waals surface area contributed by atoms with E-state index in [0.29, 0.717) is 31.6 Å². The largest absolute Gasteiger partial charge is 0.338 e. The summed E-state index contributed by atoms with van der Waals surface area (Å²) < 4.78 is 24.5. The summed E-state index contributed by atoms with van der Waals surface area (Å²) in [6.07, 6.45) is 0.548. The quantitative estimate of drug-likeness (QED) is 0.715. The van der Waals surface area contributed by atoms with Gasteiger partial charge in [0.05, 0.1) is 17.4 Å². The molecular formula is C16H24N4O3S. The first-order chi connectivity index (χ1) is 11.3. The molecule has 0 heterocycles. The molecule has 24 heavy (non-hydrogen) atoms. The van der Waals surface area contributed by atoms with Crippen molar-refractivity contribution in [3.05, 3.63) is 35.4 Å². The number of hydrogen-bond donors (Lipinski definition) is 1. The molecule has 1 aromatic rings. The lowest BCUT2D eigenvalue weighted by atomic mass is 10.1. The van der Waals surface area contributed by atoms with Gasteiger partial charge in [-0.25, -0.2) is 17.5 Å². The highest BCUT2D eigenvalue weighted by molar-refractivity contribution is 7.89. The van der Waals surface area contributed by atoms with E-state index in [1.165, 1.54) is 16.3 Å². The van der Waals surface area contributed by atoms with E-state index in [1.807, 2.05) is 18.2 Å². The average Bonchev–Trinajstić information content (AvgIpc) is 2.58. The van der Waals surface area contributed by atoms with E-state index in [9.17, 15) is 13.2 Å². The minimum absolute atomic E-state index is 0.0726. The van der Waals surface area contributed by atoms with Crippen LogP contribution in [0.2, 0.25) is 0 Å². The maximum absolute atomic E-state index is 12.0. The van der Waals surface area contributed by atoms with Gasteiger partial charge >= 0.3 is 6.03 Å². The van der Waals surface area contributed by atoms with Gasteiger partial charge in [-0.3, -0.25) is 0 Å². The van der Waals surface area contributed by atoms with Crippen LogP contribution in [0.3, 0.4) is 0 Å². The maximum Gasteiger partial charge on any atom is 0.317 e. The Bertz CT molecular complexity index is 680. The summed E-state index contributed by atoms with van der Waals surface area (Å²) in [5.41, 5.74) is 1.51. The highest BCUT2D eigenvalue weighted by atomic mass is 32.2. The summed E-state index contributed by atoms with van der Waals surface area (Å²) in [5, 5.41) is 11.5. The molecule has 0 saturated heterocycles. The van der Waals surface area contributed by atoms with Crippen molar-refractivity contribution in [3.8, 4) is 6.07 Å². The number of sulfonamides is 1. The van der Waals surface area contributed by atoms with Gasteiger partial charge in [0.25, 0.3) is 0 Å². The van der Waals surface area contributed by atoms with Crippen LogP contribution < -0.4 is 5.32 Å². The zero-order valence-corrected chi connectivity index (χ0v) is 15.1. The Kier molecular flexibility index (Phi) is 7.68. The SMILES string of the molecule is CCS(=O)(=O)N(C)CCCNC(=O)N(C)Cc1ccc(C#N)cc1. The number of carbonyl (C=O) groups excluding carboxylic acids is 1. The summed E-state index contributed by atoms with van der Waals surface area (Å²) in [5.74, 6) is 0.0726. The van der Waals surface area contributed by atoms with Crippen molar-refractivity contribution in [3.63, 3.8) is 0 Å². The van der Waals surface area contributed by atoms with Gasteiger partial charge in [-0.05, 0) is 31.0 Å². The first kappa shape index (κ1) is 19.9. The third kappa shape index (κ3) is 6.18. The number of amides is 2. The van der Waals surface area contributed by atoms with Crippen molar-refractivity contribution in [2.24, 2.45) is 0 Å². The molecule has 0 aliphatic heterocycles. The molecule has 0 aliphatic carbocycles. The van der Waals surface area contributed by atoms with Crippen LogP contribution in [0.15, 0.2) is 24.3 Å². The first-order valence-corrected chi connectivity index (χ1v) is 9.33. The van der Waals surface area contributed by atoms with Gasteiger partial charge in [-0.15, -0.1) is 0 Å². The number of benzene rings is 1. The van der Waals surface area contributed by atoms with Gasteiger partial charge in [0.2, 0.25) is 10.0 Å². The third-order valence-corrected chi connectivity index (χ3v) is 5.48. The molecule has 1 N–H and O–H groups in total. The standard InChI is InChI=1S/C16H24N4O3S/c1-4-24(22,23)20(3)11-5-10-18-16(21)19(2)13-15-8-6-14(12-17)7-9-15/h6-9H,4-5,10-11,13H2,1-3H3,(H,18,21). The smallest absolute Gasteiger partial charge is 0.317 e. The van der Waals surface area contributed by atoms with E-state index >= 15 is 0 Å². The lowest BCUT2D eigenvalue weighted by Crippen LogP contribution is -2.38. The minimum atomic E-state index is -3.17. The fourth-order valence-corrected chi connectivity index (χ4v) is 2.87. The van der Waals surface area contributed by atoms with Crippen LogP contribution in [-0.2, 0) is 16.6 Å². The fraction of sp³-hybridized carbons (Fsp3) is 0.500. The Morgan fingerprint density at radius 1 is 1.25 bits per heavy atom. The van der Waals surface area contributed by atoms with Gasteiger partial charge in [-0.2, -0.15) is 5.26 Å². The van der Waals surface area contributed by atoms with Crippen molar-refractivity contribution >= 4 is 16.1 Å². The van der Waals surface area contributed by atoms with Gasteiger partial charge in [-0.1, -0.05) is 12.1 Å². The summed E-state index contributed by atoms with van der Waals surface area (Å²) >= 11 is 0. The molecular weight excluding hydrogens is 328 g/mol. The Morgan fingerprint density at radius 2 is 1.88 bits per heavy atom. The molecule has 0 saturated carbocycles. The molecule has 0 bridgehead atoms. The van der Waals surface area contributed by atoms with Crippen LogP contribution in [-0.4, -0.2) is 56.6 Å². The van der Waals surface area contributed by atoms with Crippen molar-refractivity contribution in [1.29, 1.82) is 5.26 Å². The Morgan fingerprint density at radius 3 is 2.42 bits per heavy atom. The Balaban J connectivity index is 2.35. The minimum Gasteiger partial charge on any atom is -0.338 e. The monoisotopic (exact) mass is 352 g/mol. The molecule has 0 aromatic heterocycles. The van der Waals surface area contributed by atoms with Gasteiger partial charge < -0.3 is 10.2 Å². The zero-order chi connectivity index (χ0) is 18.2. The molecule has 132 valence electrons. The van der Waals surface area contributed by atoms with E-state index in [1.54, 1.807) is 26.1 Å².